The van der Waals surface area contributed by atoms with Crippen LogP contribution in [0.1, 0.15) is 31.7 Å². The van der Waals surface area contributed by atoms with Crippen molar-refractivity contribution in [3.05, 3.63) is 35.9 Å². The third-order valence-corrected chi connectivity index (χ3v) is 5.20. The average Bonchev–Trinajstić information content (AvgIpc) is 2.69. The molecule has 1 aliphatic rings. The van der Waals surface area contributed by atoms with E-state index in [1.165, 1.54) is 5.56 Å². The molecule has 0 saturated carbocycles. The first-order valence-corrected chi connectivity index (χ1v) is 9.65. The molecule has 7 nitrogen and oxygen atoms in total. The zero-order valence-corrected chi connectivity index (χ0v) is 15.9. The Hall–Kier alpha value is -1.06. The van der Waals surface area contributed by atoms with E-state index in [9.17, 15) is 20.4 Å². The van der Waals surface area contributed by atoms with Crippen LogP contribution in [0.5, 0.6) is 0 Å². The highest BCUT2D eigenvalue weighted by Gasteiger charge is 2.44. The lowest BCUT2D eigenvalue weighted by Crippen LogP contribution is -2.59. The van der Waals surface area contributed by atoms with Crippen molar-refractivity contribution in [2.45, 2.75) is 69.4 Å². The summed E-state index contributed by atoms with van der Waals surface area (Å²) in [5.74, 6) is 0.0362. The fourth-order valence-corrected chi connectivity index (χ4v) is 3.21. The molecule has 154 valence electrons. The maximum absolute atomic E-state index is 9.98. The molecular formula is C20H33NO6. The number of nitrogens with two attached hydrogens (primary N) is 1. The maximum atomic E-state index is 9.98. The Kier molecular flexibility index (Phi) is 9.11. The third-order valence-electron chi connectivity index (χ3n) is 5.20. The highest BCUT2D eigenvalue weighted by Crippen LogP contribution is 2.23. The summed E-state index contributed by atoms with van der Waals surface area (Å²) < 4.78 is 10.9. The largest absolute Gasteiger partial charge is 0.394 e. The molecule has 7 atom stereocenters. The number of aliphatic hydroxyl groups excluding tert-OH is 4. The lowest BCUT2D eigenvalue weighted by Gasteiger charge is -2.40. The Morgan fingerprint density at radius 2 is 1.78 bits per heavy atom. The van der Waals surface area contributed by atoms with Gasteiger partial charge < -0.3 is 35.6 Å². The SMILES string of the molecule is C[C@@H](CO[C@H]1OC(CO)[C@H](O)C(O)C1O)[C@H](N)CCCCc1ccccc1. The fourth-order valence-electron chi connectivity index (χ4n) is 3.21. The summed E-state index contributed by atoms with van der Waals surface area (Å²) in [5.41, 5.74) is 7.56. The molecule has 0 aliphatic carbocycles. The first-order valence-electron chi connectivity index (χ1n) is 9.65. The Morgan fingerprint density at radius 1 is 1.07 bits per heavy atom. The Labute approximate surface area is 160 Å². The van der Waals surface area contributed by atoms with Gasteiger partial charge in [0.05, 0.1) is 13.2 Å². The molecule has 1 fully saturated rings. The number of hydrogen-bond donors (Lipinski definition) is 5. The van der Waals surface area contributed by atoms with Crippen molar-refractivity contribution in [1.82, 2.24) is 0 Å². The minimum atomic E-state index is -1.43. The highest BCUT2D eigenvalue weighted by molar-refractivity contribution is 5.14. The normalized spacial score (nSPS) is 30.8. The van der Waals surface area contributed by atoms with E-state index in [1.807, 2.05) is 25.1 Å². The van der Waals surface area contributed by atoms with Crippen molar-refractivity contribution in [3.8, 4) is 0 Å². The van der Waals surface area contributed by atoms with Crippen LogP contribution in [-0.4, -0.2) is 70.4 Å². The molecule has 0 aromatic heterocycles. The van der Waals surface area contributed by atoms with Gasteiger partial charge >= 0.3 is 0 Å². The summed E-state index contributed by atoms with van der Waals surface area (Å²) >= 11 is 0. The maximum Gasteiger partial charge on any atom is 0.186 e. The zero-order valence-electron chi connectivity index (χ0n) is 15.9. The van der Waals surface area contributed by atoms with E-state index in [4.69, 9.17) is 15.2 Å². The van der Waals surface area contributed by atoms with Crippen molar-refractivity contribution < 1.29 is 29.9 Å². The summed E-state index contributed by atoms with van der Waals surface area (Å²) in [6, 6.07) is 10.3. The van der Waals surface area contributed by atoms with Crippen LogP contribution in [0.4, 0.5) is 0 Å². The van der Waals surface area contributed by atoms with Gasteiger partial charge in [-0.3, -0.25) is 0 Å². The molecular weight excluding hydrogens is 350 g/mol. The van der Waals surface area contributed by atoms with Crippen LogP contribution in [0, 0.1) is 5.92 Å². The lowest BCUT2D eigenvalue weighted by molar-refractivity contribution is -0.303. The van der Waals surface area contributed by atoms with E-state index in [2.05, 4.69) is 12.1 Å². The second-order valence-corrected chi connectivity index (χ2v) is 7.40. The van der Waals surface area contributed by atoms with Crippen molar-refractivity contribution in [2.75, 3.05) is 13.2 Å². The molecule has 1 aliphatic heterocycles. The molecule has 0 amide bonds. The number of hydrogen-bond acceptors (Lipinski definition) is 7. The standard InChI is InChI=1S/C20H33NO6/c1-13(15(21)10-6-5-9-14-7-3-2-4-8-14)12-26-20-19(25)18(24)17(23)16(11-22)27-20/h2-4,7-8,13,15-20,22-25H,5-6,9-12,21H2,1H3/t13-,15+,16?,17-,18?,19?,20-/m0/s1. The second kappa shape index (κ2) is 11.1. The highest BCUT2D eigenvalue weighted by atomic mass is 16.7. The lowest BCUT2D eigenvalue weighted by atomic mass is 9.96. The minimum absolute atomic E-state index is 0.0362. The molecule has 1 aromatic rings. The number of unbranched alkanes of at least 4 members (excludes halogenated alkanes) is 1. The summed E-state index contributed by atoms with van der Waals surface area (Å²) in [5, 5.41) is 38.7. The summed E-state index contributed by atoms with van der Waals surface area (Å²) in [6.45, 7) is 1.75. The average molecular weight is 383 g/mol. The Morgan fingerprint density at radius 3 is 2.44 bits per heavy atom. The fraction of sp³-hybridized carbons (Fsp3) is 0.700. The van der Waals surface area contributed by atoms with E-state index < -0.39 is 37.3 Å². The van der Waals surface area contributed by atoms with Crippen molar-refractivity contribution in [1.29, 1.82) is 0 Å². The van der Waals surface area contributed by atoms with Gasteiger partial charge in [-0.1, -0.05) is 43.7 Å². The van der Waals surface area contributed by atoms with E-state index in [1.54, 1.807) is 0 Å². The molecule has 1 aromatic carbocycles. The number of aliphatic hydroxyl groups is 4. The van der Waals surface area contributed by atoms with Gasteiger partial charge in [0, 0.05) is 6.04 Å². The Bertz CT molecular complexity index is 528. The molecule has 0 bridgehead atoms. The number of ether oxygens (including phenoxy) is 2. The van der Waals surface area contributed by atoms with Crippen LogP contribution in [0.15, 0.2) is 30.3 Å². The van der Waals surface area contributed by atoms with Crippen LogP contribution in [0.25, 0.3) is 0 Å². The van der Waals surface area contributed by atoms with E-state index in [-0.39, 0.29) is 18.6 Å². The van der Waals surface area contributed by atoms with Crippen LogP contribution in [-0.2, 0) is 15.9 Å². The summed E-state index contributed by atoms with van der Waals surface area (Å²) in [7, 11) is 0. The van der Waals surface area contributed by atoms with Crippen LogP contribution in [0.2, 0.25) is 0 Å². The van der Waals surface area contributed by atoms with Gasteiger partial charge in [-0.05, 0) is 30.7 Å². The molecule has 1 saturated heterocycles. The van der Waals surface area contributed by atoms with Gasteiger partial charge in [-0.2, -0.15) is 0 Å². The first-order chi connectivity index (χ1) is 12.9. The molecule has 6 N–H and O–H groups in total. The van der Waals surface area contributed by atoms with Gasteiger partial charge in [0.15, 0.2) is 6.29 Å². The Balaban J connectivity index is 1.68. The number of benzene rings is 1. The predicted molar refractivity (Wildman–Crippen MR) is 101 cm³/mol. The van der Waals surface area contributed by atoms with Crippen molar-refractivity contribution in [2.24, 2.45) is 11.7 Å². The van der Waals surface area contributed by atoms with Gasteiger partial charge in [0.2, 0.25) is 0 Å². The molecule has 2 rings (SSSR count). The van der Waals surface area contributed by atoms with Gasteiger partial charge in [0.1, 0.15) is 24.4 Å². The molecule has 0 radical (unpaired) electrons. The topological polar surface area (TPSA) is 125 Å². The number of rotatable bonds is 10. The second-order valence-electron chi connectivity index (χ2n) is 7.40. The summed E-state index contributed by atoms with van der Waals surface area (Å²) in [6.07, 6.45) is -2.27. The van der Waals surface area contributed by atoms with Gasteiger partial charge in [-0.25, -0.2) is 0 Å². The molecule has 0 spiro atoms. The van der Waals surface area contributed by atoms with E-state index in [0.29, 0.717) is 0 Å². The molecule has 7 heteroatoms. The van der Waals surface area contributed by atoms with E-state index >= 15 is 0 Å². The molecule has 27 heavy (non-hydrogen) atoms. The first kappa shape index (κ1) is 22.2. The van der Waals surface area contributed by atoms with Crippen LogP contribution in [0.3, 0.4) is 0 Å². The summed E-state index contributed by atoms with van der Waals surface area (Å²) in [4.78, 5) is 0. The monoisotopic (exact) mass is 383 g/mol. The van der Waals surface area contributed by atoms with Gasteiger partial charge in [-0.15, -0.1) is 0 Å². The van der Waals surface area contributed by atoms with Crippen LogP contribution >= 0.6 is 0 Å². The third kappa shape index (κ3) is 6.50. The predicted octanol–water partition coefficient (Wildman–Crippen LogP) is 0.179. The smallest absolute Gasteiger partial charge is 0.186 e. The zero-order chi connectivity index (χ0) is 19.8. The number of aryl methyl sites for hydroxylation is 1. The van der Waals surface area contributed by atoms with Crippen molar-refractivity contribution in [3.63, 3.8) is 0 Å². The molecule has 1 heterocycles. The van der Waals surface area contributed by atoms with Gasteiger partial charge in [0.25, 0.3) is 0 Å². The van der Waals surface area contributed by atoms with E-state index in [0.717, 1.165) is 25.7 Å². The van der Waals surface area contributed by atoms with Crippen LogP contribution < -0.4 is 5.73 Å². The van der Waals surface area contributed by atoms with Crippen molar-refractivity contribution >= 4 is 0 Å². The molecule has 3 unspecified atom stereocenters. The quantitative estimate of drug-likeness (QED) is 0.365. The minimum Gasteiger partial charge on any atom is -0.394 e.